The summed E-state index contributed by atoms with van der Waals surface area (Å²) in [6, 6.07) is 10.0. The van der Waals surface area contributed by atoms with E-state index in [2.05, 4.69) is 42.5 Å². The highest BCUT2D eigenvalue weighted by Crippen LogP contribution is 2.22. The number of carbonyl (C=O) groups excluding carboxylic acids is 4. The summed E-state index contributed by atoms with van der Waals surface area (Å²) in [6.07, 6.45) is 21.0. The predicted octanol–water partition coefficient (Wildman–Crippen LogP) is 8.88. The number of hydrogen-bond acceptors (Lipinski definition) is 6. The van der Waals surface area contributed by atoms with Gasteiger partial charge < -0.3 is 10.2 Å². The topological polar surface area (TPSA) is 157 Å². The summed E-state index contributed by atoms with van der Waals surface area (Å²) in [5.74, 6) is -2.45. The molecule has 0 bridgehead atoms. The van der Waals surface area contributed by atoms with Crippen LogP contribution in [0.2, 0.25) is 0 Å². The molecular weight excluding hydrogens is 656 g/mol. The highest BCUT2D eigenvalue weighted by molar-refractivity contribution is 5.98. The molecule has 0 aliphatic carbocycles. The highest BCUT2D eigenvalue weighted by Gasteiger charge is 2.20. The fraction of sp³-hybridized carbons (Fsp3) is 0.619. The fourth-order valence-corrected chi connectivity index (χ4v) is 6.33. The summed E-state index contributed by atoms with van der Waals surface area (Å²) in [6.45, 7) is 6.48. The van der Waals surface area contributed by atoms with Gasteiger partial charge in [0.25, 0.3) is 11.8 Å². The molecular formula is C42H66N4O6. The van der Waals surface area contributed by atoms with Crippen LogP contribution in [0.25, 0.3) is 0 Å². The smallest absolute Gasteiger partial charge is 0.273 e. The number of phenolic OH excluding ortho intramolecular Hbond substituents is 2. The van der Waals surface area contributed by atoms with Gasteiger partial charge in [-0.25, -0.2) is 0 Å². The largest absolute Gasteiger partial charge is 0.507 e. The van der Waals surface area contributed by atoms with Crippen LogP contribution in [0.3, 0.4) is 0 Å². The average molecular weight is 723 g/mol. The SMILES string of the molecule is CCCCCCCCc1ccc(O)c(C(=O)NNC(=O)CCCCC(CCCCC)C(=O)NNC(=O)c2cc(CCCCCCCC)ccc2O)c1. The molecule has 0 fully saturated rings. The van der Waals surface area contributed by atoms with Crippen LogP contribution in [-0.4, -0.2) is 33.8 Å². The standard InChI is InChI=1S/C42H66N4O6/c1-4-7-10-12-14-17-21-32-26-28-37(47)35(30-32)41(51)45-43-39(49)25-20-19-24-34(23-16-9-6-3)40(50)44-46-42(52)36-31-33(27-29-38(36)48)22-18-15-13-11-8-5-2/h26-31,34,47-48H,4-25H2,1-3H3,(H,43,49)(H,44,50)(H,45,51)(H,46,52). The number of nitrogens with one attached hydrogen (secondary N) is 4. The lowest BCUT2D eigenvalue weighted by Gasteiger charge is -2.17. The molecule has 10 heteroatoms. The second kappa shape index (κ2) is 26.7. The Kier molecular flexibility index (Phi) is 22.6. The van der Waals surface area contributed by atoms with Gasteiger partial charge in [0, 0.05) is 12.3 Å². The number of benzene rings is 2. The number of carbonyl (C=O) groups is 4. The second-order valence-electron chi connectivity index (χ2n) is 14.1. The van der Waals surface area contributed by atoms with E-state index in [4.69, 9.17) is 0 Å². The third-order valence-electron chi connectivity index (χ3n) is 9.60. The van der Waals surface area contributed by atoms with E-state index < -0.39 is 11.8 Å². The maximum absolute atomic E-state index is 13.1. The van der Waals surface area contributed by atoms with Crippen molar-refractivity contribution in [1.29, 1.82) is 0 Å². The maximum atomic E-state index is 13.1. The van der Waals surface area contributed by atoms with Crippen LogP contribution >= 0.6 is 0 Å². The summed E-state index contributed by atoms with van der Waals surface area (Å²) in [7, 11) is 0. The molecule has 0 aliphatic rings. The van der Waals surface area contributed by atoms with Gasteiger partial charge in [-0.1, -0.05) is 123 Å². The van der Waals surface area contributed by atoms with Crippen molar-refractivity contribution in [2.45, 2.75) is 162 Å². The van der Waals surface area contributed by atoms with Crippen LogP contribution in [0.1, 0.15) is 181 Å². The van der Waals surface area contributed by atoms with Crippen molar-refractivity contribution in [3.63, 3.8) is 0 Å². The quantitative estimate of drug-likeness (QED) is 0.0421. The van der Waals surface area contributed by atoms with Crippen LogP contribution in [-0.2, 0) is 22.4 Å². The molecule has 0 heterocycles. The molecule has 2 rings (SSSR count). The van der Waals surface area contributed by atoms with Crippen molar-refractivity contribution in [2.75, 3.05) is 0 Å². The average Bonchev–Trinajstić information content (AvgIpc) is 3.14. The summed E-state index contributed by atoms with van der Waals surface area (Å²) in [4.78, 5) is 51.3. The van der Waals surface area contributed by atoms with Crippen LogP contribution in [0.5, 0.6) is 11.5 Å². The first-order chi connectivity index (χ1) is 25.2. The lowest BCUT2D eigenvalue weighted by Crippen LogP contribution is -2.44. The Labute approximate surface area is 312 Å². The van der Waals surface area contributed by atoms with Crippen molar-refractivity contribution in [3.8, 4) is 11.5 Å². The van der Waals surface area contributed by atoms with Crippen molar-refractivity contribution >= 4 is 23.6 Å². The number of unbranched alkanes of at least 4 members (excludes halogenated alkanes) is 13. The van der Waals surface area contributed by atoms with Gasteiger partial charge >= 0.3 is 0 Å². The molecule has 4 amide bonds. The van der Waals surface area contributed by atoms with Gasteiger partial charge in [0.15, 0.2) is 0 Å². The second-order valence-corrected chi connectivity index (χ2v) is 14.1. The van der Waals surface area contributed by atoms with Gasteiger partial charge in [0.05, 0.1) is 11.1 Å². The third kappa shape index (κ3) is 17.9. The first kappa shape index (κ1) is 44.1. The molecule has 290 valence electrons. The Balaban J connectivity index is 1.79. The van der Waals surface area contributed by atoms with E-state index in [9.17, 15) is 29.4 Å². The minimum atomic E-state index is -0.580. The third-order valence-corrected chi connectivity index (χ3v) is 9.60. The normalized spacial score (nSPS) is 11.5. The van der Waals surface area contributed by atoms with Crippen LogP contribution in [0.4, 0.5) is 0 Å². The molecule has 0 radical (unpaired) electrons. The number of rotatable bonds is 26. The summed E-state index contributed by atoms with van der Waals surface area (Å²) in [5, 5.41) is 20.6. The summed E-state index contributed by atoms with van der Waals surface area (Å²) >= 11 is 0. The minimum Gasteiger partial charge on any atom is -0.507 e. The molecule has 52 heavy (non-hydrogen) atoms. The number of aromatic hydroxyl groups is 2. The van der Waals surface area contributed by atoms with E-state index >= 15 is 0 Å². The molecule has 0 aromatic heterocycles. The van der Waals surface area contributed by atoms with Crippen molar-refractivity contribution in [3.05, 3.63) is 58.7 Å². The lowest BCUT2D eigenvalue weighted by molar-refractivity contribution is -0.126. The first-order valence-electron chi connectivity index (χ1n) is 20.0. The molecule has 1 atom stereocenters. The molecule has 1 unspecified atom stereocenters. The Morgan fingerprint density at radius 3 is 1.44 bits per heavy atom. The van der Waals surface area contributed by atoms with Crippen molar-refractivity contribution in [2.24, 2.45) is 5.92 Å². The van der Waals surface area contributed by atoms with Gasteiger partial charge in [-0.05, 0) is 80.3 Å². The monoisotopic (exact) mass is 722 g/mol. The fourth-order valence-electron chi connectivity index (χ4n) is 6.33. The minimum absolute atomic E-state index is 0.118. The zero-order chi connectivity index (χ0) is 38.0. The lowest BCUT2D eigenvalue weighted by atomic mass is 9.94. The Hall–Kier alpha value is -4.08. The van der Waals surface area contributed by atoms with Gasteiger partial charge in [0.2, 0.25) is 11.8 Å². The van der Waals surface area contributed by atoms with Crippen LogP contribution in [0, 0.1) is 5.92 Å². The Bertz CT molecular complexity index is 1360. The number of amides is 4. The zero-order valence-corrected chi connectivity index (χ0v) is 32.1. The van der Waals surface area contributed by atoms with Gasteiger partial charge in [-0.3, -0.25) is 40.9 Å². The molecule has 2 aromatic carbocycles. The molecule has 0 spiro atoms. The molecule has 0 aliphatic heterocycles. The van der Waals surface area contributed by atoms with Crippen molar-refractivity contribution < 1.29 is 29.4 Å². The number of hydrazine groups is 2. The first-order valence-corrected chi connectivity index (χ1v) is 20.0. The molecule has 6 N–H and O–H groups in total. The number of aryl methyl sites for hydroxylation is 2. The van der Waals surface area contributed by atoms with E-state index in [0.29, 0.717) is 25.7 Å². The predicted molar refractivity (Wildman–Crippen MR) is 208 cm³/mol. The molecule has 10 nitrogen and oxygen atoms in total. The van der Waals surface area contributed by atoms with E-state index in [0.717, 1.165) is 68.9 Å². The molecule has 0 saturated carbocycles. The van der Waals surface area contributed by atoms with E-state index in [1.54, 1.807) is 12.1 Å². The number of phenols is 2. The number of hydrogen-bond donors (Lipinski definition) is 6. The Morgan fingerprint density at radius 1 is 0.519 bits per heavy atom. The van der Waals surface area contributed by atoms with E-state index in [1.165, 1.54) is 63.5 Å². The zero-order valence-electron chi connectivity index (χ0n) is 32.1. The highest BCUT2D eigenvalue weighted by atomic mass is 16.3. The van der Waals surface area contributed by atoms with Gasteiger partial charge in [-0.15, -0.1) is 0 Å². The van der Waals surface area contributed by atoms with Gasteiger partial charge in [0.1, 0.15) is 11.5 Å². The molecule has 2 aromatic rings. The molecule has 0 saturated heterocycles. The van der Waals surface area contributed by atoms with Crippen LogP contribution in [0.15, 0.2) is 36.4 Å². The summed E-state index contributed by atoms with van der Waals surface area (Å²) < 4.78 is 0. The Morgan fingerprint density at radius 2 is 0.942 bits per heavy atom. The van der Waals surface area contributed by atoms with Gasteiger partial charge in [-0.2, -0.15) is 0 Å². The van der Waals surface area contributed by atoms with Crippen molar-refractivity contribution in [1.82, 2.24) is 21.7 Å². The van der Waals surface area contributed by atoms with E-state index in [-0.39, 0.29) is 46.8 Å². The van der Waals surface area contributed by atoms with E-state index in [1.807, 2.05) is 12.1 Å². The summed E-state index contributed by atoms with van der Waals surface area (Å²) in [5.41, 5.74) is 12.1. The maximum Gasteiger partial charge on any atom is 0.273 e. The van der Waals surface area contributed by atoms with Crippen LogP contribution < -0.4 is 21.7 Å².